The Balaban J connectivity index is 2.40. The maximum Gasteiger partial charge on any atom is 0.407 e. The molecular weight excluding hydrogens is 301 g/mol. The maximum atomic E-state index is 13.4. The van der Waals surface area contributed by atoms with Gasteiger partial charge in [0, 0.05) is 0 Å². The third-order valence-corrected chi connectivity index (χ3v) is 2.49. The minimum atomic E-state index is -0.885. The van der Waals surface area contributed by atoms with Crippen molar-refractivity contribution in [1.29, 1.82) is 0 Å². The van der Waals surface area contributed by atoms with Crippen LogP contribution in [-0.2, 0) is 9.47 Å². The molecule has 1 aromatic carbocycles. The van der Waals surface area contributed by atoms with E-state index in [-0.39, 0.29) is 23.7 Å². The third kappa shape index (κ3) is 5.99. The minimum Gasteiger partial charge on any atom is -0.460 e. The Morgan fingerprint density at radius 1 is 1.33 bits per heavy atom. The number of hydrogen-bond acceptors (Lipinski definition) is 4. The van der Waals surface area contributed by atoms with Gasteiger partial charge in [-0.15, -0.1) is 0 Å². The lowest BCUT2D eigenvalue weighted by molar-refractivity contribution is 0.0430. The number of nitrogens with one attached hydrogen (secondary N) is 1. The summed E-state index contributed by atoms with van der Waals surface area (Å²) in [5.41, 5.74) is -0.932. The van der Waals surface area contributed by atoms with Crippen molar-refractivity contribution in [2.45, 2.75) is 26.4 Å². The van der Waals surface area contributed by atoms with Gasteiger partial charge in [0.25, 0.3) is 0 Å². The molecule has 0 aliphatic rings. The number of halogens is 2. The zero-order valence-electron chi connectivity index (χ0n) is 12.0. The Morgan fingerprint density at radius 3 is 2.57 bits per heavy atom. The molecule has 0 bridgehead atoms. The average molecular weight is 318 g/mol. The lowest BCUT2D eigenvalue weighted by Crippen LogP contribution is -2.34. The molecule has 0 spiro atoms. The van der Waals surface area contributed by atoms with Crippen molar-refractivity contribution in [3.8, 4) is 0 Å². The summed E-state index contributed by atoms with van der Waals surface area (Å²) in [4.78, 5) is 23.0. The number of carbonyl (C=O) groups excluding carboxylic acids is 2. The van der Waals surface area contributed by atoms with Crippen molar-refractivity contribution in [2.75, 3.05) is 13.2 Å². The van der Waals surface area contributed by atoms with E-state index in [0.29, 0.717) is 0 Å². The third-order valence-electron chi connectivity index (χ3n) is 2.17. The van der Waals surface area contributed by atoms with E-state index in [0.717, 1.165) is 6.07 Å². The zero-order chi connectivity index (χ0) is 16.0. The van der Waals surface area contributed by atoms with Gasteiger partial charge in [-0.2, -0.15) is 0 Å². The Morgan fingerprint density at radius 2 is 2.00 bits per heavy atom. The molecular formula is C14H17ClFNO4. The summed E-state index contributed by atoms with van der Waals surface area (Å²) < 4.78 is 23.3. The number of ether oxygens (including phenoxy) is 2. The fourth-order valence-corrected chi connectivity index (χ4v) is 1.62. The number of benzene rings is 1. The average Bonchev–Trinajstić information content (AvgIpc) is 2.32. The van der Waals surface area contributed by atoms with E-state index in [9.17, 15) is 14.0 Å². The van der Waals surface area contributed by atoms with Crippen molar-refractivity contribution in [2.24, 2.45) is 0 Å². The molecule has 1 N–H and O–H groups in total. The van der Waals surface area contributed by atoms with Gasteiger partial charge in [0.05, 0.1) is 11.6 Å². The number of amides is 1. The second-order valence-corrected chi connectivity index (χ2v) is 5.57. The van der Waals surface area contributed by atoms with Gasteiger partial charge in [-0.1, -0.05) is 17.7 Å². The molecule has 21 heavy (non-hydrogen) atoms. The van der Waals surface area contributed by atoms with Crippen LogP contribution in [-0.4, -0.2) is 30.8 Å². The Bertz CT molecular complexity index is 508. The number of rotatable bonds is 4. The van der Waals surface area contributed by atoms with Gasteiger partial charge in [0.15, 0.2) is 0 Å². The normalized spacial score (nSPS) is 10.9. The molecule has 0 fully saturated rings. The van der Waals surface area contributed by atoms with Crippen molar-refractivity contribution in [3.63, 3.8) is 0 Å². The maximum absolute atomic E-state index is 13.4. The molecule has 0 aliphatic carbocycles. The Hall–Kier alpha value is -1.82. The van der Waals surface area contributed by atoms with Crippen molar-refractivity contribution in [1.82, 2.24) is 5.32 Å². The summed E-state index contributed by atoms with van der Waals surface area (Å²) >= 11 is 5.73. The zero-order valence-corrected chi connectivity index (χ0v) is 12.8. The molecule has 0 radical (unpaired) electrons. The molecule has 0 aromatic heterocycles. The van der Waals surface area contributed by atoms with Crippen LogP contribution in [0.5, 0.6) is 0 Å². The summed E-state index contributed by atoms with van der Waals surface area (Å²) in [6.07, 6.45) is -0.623. The number of esters is 1. The van der Waals surface area contributed by atoms with Gasteiger partial charge in [-0.05, 0) is 32.9 Å². The molecule has 7 heteroatoms. The van der Waals surface area contributed by atoms with Crippen molar-refractivity contribution in [3.05, 3.63) is 34.6 Å². The van der Waals surface area contributed by atoms with Gasteiger partial charge in [-0.3, -0.25) is 0 Å². The first-order chi connectivity index (χ1) is 9.70. The largest absolute Gasteiger partial charge is 0.460 e. The second kappa shape index (κ2) is 7.26. The first-order valence-electron chi connectivity index (χ1n) is 6.28. The molecule has 1 rings (SSSR count). The number of alkyl carbamates (subject to hydrolysis) is 1. The van der Waals surface area contributed by atoms with Crippen LogP contribution in [0.1, 0.15) is 31.1 Å². The fourth-order valence-electron chi connectivity index (χ4n) is 1.38. The molecule has 1 amide bonds. The van der Waals surface area contributed by atoms with Gasteiger partial charge < -0.3 is 14.8 Å². The van der Waals surface area contributed by atoms with Crippen LogP contribution in [0.3, 0.4) is 0 Å². The quantitative estimate of drug-likeness (QED) is 0.684. The molecule has 1 aromatic rings. The minimum absolute atomic E-state index is 0.0277. The fraction of sp³-hybridized carbons (Fsp3) is 0.429. The van der Waals surface area contributed by atoms with E-state index in [1.807, 2.05) is 0 Å². The molecule has 0 aliphatic heterocycles. The van der Waals surface area contributed by atoms with E-state index in [1.54, 1.807) is 20.8 Å². The monoisotopic (exact) mass is 317 g/mol. The smallest absolute Gasteiger partial charge is 0.407 e. The molecule has 0 heterocycles. The first-order valence-corrected chi connectivity index (χ1v) is 6.66. The second-order valence-electron chi connectivity index (χ2n) is 5.16. The number of hydrogen-bond donors (Lipinski definition) is 1. The lowest BCUT2D eigenvalue weighted by Gasteiger charge is -2.19. The van der Waals surface area contributed by atoms with Crippen LogP contribution in [0, 0.1) is 5.82 Å². The summed E-state index contributed by atoms with van der Waals surface area (Å²) in [7, 11) is 0. The highest BCUT2D eigenvalue weighted by molar-refractivity contribution is 6.33. The van der Waals surface area contributed by atoms with Gasteiger partial charge >= 0.3 is 12.1 Å². The first kappa shape index (κ1) is 17.2. The summed E-state index contributed by atoms with van der Waals surface area (Å²) in [6.45, 7) is 5.11. The predicted molar refractivity (Wildman–Crippen MR) is 75.9 cm³/mol. The summed E-state index contributed by atoms with van der Waals surface area (Å²) in [5, 5.41) is 2.38. The molecule has 116 valence electrons. The van der Waals surface area contributed by atoms with E-state index >= 15 is 0 Å². The summed E-state index contributed by atoms with van der Waals surface area (Å²) in [5.74, 6) is -1.64. The molecule has 0 saturated heterocycles. The SMILES string of the molecule is CC(C)(C)OC(=O)NCCOC(=O)c1c(F)cccc1Cl. The Kier molecular flexibility index (Phi) is 5.96. The molecule has 0 atom stereocenters. The van der Waals surface area contributed by atoms with Crippen LogP contribution in [0.25, 0.3) is 0 Å². The Labute approximate surface area is 127 Å². The van der Waals surface area contributed by atoms with E-state index in [4.69, 9.17) is 21.1 Å². The highest BCUT2D eigenvalue weighted by Gasteiger charge is 2.18. The summed E-state index contributed by atoms with van der Waals surface area (Å²) in [6, 6.07) is 3.89. The van der Waals surface area contributed by atoms with Gasteiger partial charge in [0.1, 0.15) is 23.6 Å². The van der Waals surface area contributed by atoms with Crippen LogP contribution in [0.4, 0.5) is 9.18 Å². The van der Waals surface area contributed by atoms with Crippen LogP contribution in [0.2, 0.25) is 5.02 Å². The standard InChI is InChI=1S/C14H17ClFNO4/c1-14(2,3)21-13(19)17-7-8-20-12(18)11-9(15)5-4-6-10(11)16/h4-6H,7-8H2,1-3H3,(H,17,19). The van der Waals surface area contributed by atoms with E-state index in [1.165, 1.54) is 12.1 Å². The van der Waals surface area contributed by atoms with Crippen molar-refractivity contribution >= 4 is 23.7 Å². The van der Waals surface area contributed by atoms with Crippen LogP contribution >= 0.6 is 11.6 Å². The van der Waals surface area contributed by atoms with Crippen LogP contribution < -0.4 is 5.32 Å². The van der Waals surface area contributed by atoms with Crippen molar-refractivity contribution < 1.29 is 23.5 Å². The highest BCUT2D eigenvalue weighted by atomic mass is 35.5. The van der Waals surface area contributed by atoms with Gasteiger partial charge in [0.2, 0.25) is 0 Å². The lowest BCUT2D eigenvalue weighted by atomic mass is 10.2. The molecule has 5 nitrogen and oxygen atoms in total. The van der Waals surface area contributed by atoms with E-state index < -0.39 is 23.5 Å². The predicted octanol–water partition coefficient (Wildman–Crippen LogP) is 3.16. The topological polar surface area (TPSA) is 64.6 Å². The number of carbonyl (C=O) groups is 2. The van der Waals surface area contributed by atoms with Gasteiger partial charge in [-0.25, -0.2) is 14.0 Å². The highest BCUT2D eigenvalue weighted by Crippen LogP contribution is 2.19. The molecule has 0 unspecified atom stereocenters. The molecule has 0 saturated carbocycles. The van der Waals surface area contributed by atoms with Crippen LogP contribution in [0.15, 0.2) is 18.2 Å². The van der Waals surface area contributed by atoms with E-state index in [2.05, 4.69) is 5.32 Å².